The van der Waals surface area contributed by atoms with Gasteiger partial charge in [-0.15, -0.1) is 0 Å². The number of hydrogen-bond acceptors (Lipinski definition) is 4. The Morgan fingerprint density at radius 1 is 1.26 bits per heavy atom. The van der Waals surface area contributed by atoms with Gasteiger partial charge >= 0.3 is 0 Å². The van der Waals surface area contributed by atoms with Gasteiger partial charge in [-0.1, -0.05) is 0 Å². The van der Waals surface area contributed by atoms with Gasteiger partial charge in [-0.3, -0.25) is 9.78 Å². The summed E-state index contributed by atoms with van der Waals surface area (Å²) >= 11 is 0. The van der Waals surface area contributed by atoms with Gasteiger partial charge in [0.1, 0.15) is 0 Å². The van der Waals surface area contributed by atoms with Gasteiger partial charge in [0.15, 0.2) is 0 Å². The monoisotopic (exact) mass is 263 g/mol. The van der Waals surface area contributed by atoms with Crippen LogP contribution >= 0.6 is 0 Å². The number of ether oxygens (including phenoxy) is 1. The summed E-state index contributed by atoms with van der Waals surface area (Å²) in [5.74, 6) is 0.222. The number of morpholine rings is 1. The van der Waals surface area contributed by atoms with Crippen molar-refractivity contribution in [1.82, 2.24) is 15.2 Å². The largest absolute Gasteiger partial charge is 0.378 e. The minimum Gasteiger partial charge on any atom is -0.378 e. The molecule has 0 aromatic carbocycles. The lowest BCUT2D eigenvalue weighted by Gasteiger charge is -2.26. The third-order valence-corrected chi connectivity index (χ3v) is 3.22. The second kappa shape index (κ2) is 7.86. The summed E-state index contributed by atoms with van der Waals surface area (Å²) in [6.07, 6.45) is 5.14. The van der Waals surface area contributed by atoms with Crippen molar-refractivity contribution >= 4 is 5.91 Å². The normalized spacial score (nSPS) is 15.5. The first-order chi connectivity index (χ1) is 9.36. The first-order valence-electron chi connectivity index (χ1n) is 6.81. The highest BCUT2D eigenvalue weighted by Crippen LogP contribution is 2.00. The van der Waals surface area contributed by atoms with E-state index in [2.05, 4.69) is 10.3 Å². The Morgan fingerprint density at radius 2 is 2.00 bits per heavy atom. The molecule has 1 amide bonds. The van der Waals surface area contributed by atoms with Gasteiger partial charge in [0, 0.05) is 38.4 Å². The first kappa shape index (κ1) is 14.0. The van der Waals surface area contributed by atoms with Crippen LogP contribution in [0.15, 0.2) is 24.5 Å². The van der Waals surface area contributed by atoms with Crippen molar-refractivity contribution in [2.75, 3.05) is 39.4 Å². The number of amides is 1. The maximum atomic E-state index is 11.9. The van der Waals surface area contributed by atoms with E-state index in [9.17, 15) is 4.79 Å². The van der Waals surface area contributed by atoms with E-state index in [0.717, 1.165) is 32.6 Å². The summed E-state index contributed by atoms with van der Waals surface area (Å²) in [6, 6.07) is 4.03. The first-order valence-corrected chi connectivity index (χ1v) is 6.81. The number of carbonyl (C=O) groups excluding carboxylic acids is 1. The van der Waals surface area contributed by atoms with Crippen LogP contribution in [0.4, 0.5) is 0 Å². The van der Waals surface area contributed by atoms with Gasteiger partial charge in [0.05, 0.1) is 13.2 Å². The molecule has 1 N–H and O–H groups in total. The van der Waals surface area contributed by atoms with Crippen molar-refractivity contribution in [1.29, 1.82) is 0 Å². The molecular weight excluding hydrogens is 242 g/mol. The molecule has 1 aliphatic heterocycles. The van der Waals surface area contributed by atoms with Crippen LogP contribution in [-0.2, 0) is 16.0 Å². The van der Waals surface area contributed by atoms with Crippen LogP contribution in [0.25, 0.3) is 0 Å². The maximum Gasteiger partial charge on any atom is 0.224 e. The van der Waals surface area contributed by atoms with Gasteiger partial charge < -0.3 is 15.0 Å². The standard InChI is InChI=1S/C14H21N3O2/c18-14(17-9-11-19-12-10-17)4-8-16-7-3-13-1-5-15-6-2-13/h1-2,5-6,16H,3-4,7-12H2. The molecule has 1 saturated heterocycles. The Balaban J connectivity index is 1.55. The zero-order valence-electron chi connectivity index (χ0n) is 11.2. The zero-order chi connectivity index (χ0) is 13.3. The Kier molecular flexibility index (Phi) is 5.78. The second-order valence-corrected chi connectivity index (χ2v) is 4.60. The topological polar surface area (TPSA) is 54.5 Å². The third-order valence-electron chi connectivity index (χ3n) is 3.22. The van der Waals surface area contributed by atoms with Crippen molar-refractivity contribution in [3.63, 3.8) is 0 Å². The molecule has 0 bridgehead atoms. The maximum absolute atomic E-state index is 11.9. The number of nitrogens with zero attached hydrogens (tertiary/aromatic N) is 2. The van der Waals surface area contributed by atoms with E-state index >= 15 is 0 Å². The van der Waals surface area contributed by atoms with E-state index in [-0.39, 0.29) is 5.91 Å². The highest BCUT2D eigenvalue weighted by atomic mass is 16.5. The number of hydrogen-bond donors (Lipinski definition) is 1. The van der Waals surface area contributed by atoms with Gasteiger partial charge in [-0.05, 0) is 30.7 Å². The molecule has 1 aliphatic rings. The summed E-state index contributed by atoms with van der Waals surface area (Å²) in [5.41, 5.74) is 1.27. The molecule has 19 heavy (non-hydrogen) atoms. The highest BCUT2D eigenvalue weighted by molar-refractivity contribution is 5.76. The van der Waals surface area contributed by atoms with Crippen LogP contribution in [-0.4, -0.2) is 55.2 Å². The van der Waals surface area contributed by atoms with Crippen molar-refractivity contribution in [3.8, 4) is 0 Å². The molecule has 0 unspecified atom stereocenters. The quantitative estimate of drug-likeness (QED) is 0.758. The Hall–Kier alpha value is -1.46. The van der Waals surface area contributed by atoms with Crippen LogP contribution in [0, 0.1) is 0 Å². The van der Waals surface area contributed by atoms with Gasteiger partial charge in [-0.25, -0.2) is 0 Å². The molecular formula is C14H21N3O2. The minimum atomic E-state index is 0.222. The van der Waals surface area contributed by atoms with E-state index in [0.29, 0.717) is 19.6 Å². The van der Waals surface area contributed by atoms with Crippen molar-refractivity contribution in [2.24, 2.45) is 0 Å². The van der Waals surface area contributed by atoms with E-state index in [1.54, 1.807) is 12.4 Å². The molecule has 1 aromatic heterocycles. The van der Waals surface area contributed by atoms with Gasteiger partial charge in [0.2, 0.25) is 5.91 Å². The van der Waals surface area contributed by atoms with Crippen LogP contribution in [0.2, 0.25) is 0 Å². The molecule has 0 atom stereocenters. The lowest BCUT2D eigenvalue weighted by Crippen LogP contribution is -2.41. The molecule has 0 spiro atoms. The highest BCUT2D eigenvalue weighted by Gasteiger charge is 2.15. The molecule has 1 aromatic rings. The fourth-order valence-electron chi connectivity index (χ4n) is 2.07. The average molecular weight is 263 g/mol. The molecule has 5 heteroatoms. The predicted molar refractivity (Wildman–Crippen MR) is 72.8 cm³/mol. The summed E-state index contributed by atoms with van der Waals surface area (Å²) in [4.78, 5) is 17.7. The van der Waals surface area contributed by atoms with Crippen molar-refractivity contribution in [3.05, 3.63) is 30.1 Å². The molecule has 1 fully saturated rings. The summed E-state index contributed by atoms with van der Waals surface area (Å²) in [7, 11) is 0. The van der Waals surface area contributed by atoms with E-state index in [1.165, 1.54) is 5.56 Å². The molecule has 0 aliphatic carbocycles. The van der Waals surface area contributed by atoms with Crippen LogP contribution < -0.4 is 5.32 Å². The fourth-order valence-corrected chi connectivity index (χ4v) is 2.07. The minimum absolute atomic E-state index is 0.222. The van der Waals surface area contributed by atoms with Crippen LogP contribution in [0.1, 0.15) is 12.0 Å². The van der Waals surface area contributed by atoms with Gasteiger partial charge in [0.25, 0.3) is 0 Å². The van der Waals surface area contributed by atoms with Crippen molar-refractivity contribution < 1.29 is 9.53 Å². The van der Waals surface area contributed by atoms with Crippen LogP contribution in [0.5, 0.6) is 0 Å². The number of pyridine rings is 1. The van der Waals surface area contributed by atoms with Crippen molar-refractivity contribution in [2.45, 2.75) is 12.8 Å². The molecule has 2 heterocycles. The zero-order valence-corrected chi connectivity index (χ0v) is 11.2. The smallest absolute Gasteiger partial charge is 0.224 e. The summed E-state index contributed by atoms with van der Waals surface area (Å²) in [6.45, 7) is 4.43. The number of rotatable bonds is 6. The lowest BCUT2D eigenvalue weighted by molar-refractivity contribution is -0.135. The average Bonchev–Trinajstić information content (AvgIpc) is 2.49. The molecule has 0 saturated carbocycles. The van der Waals surface area contributed by atoms with E-state index in [4.69, 9.17) is 4.74 Å². The van der Waals surface area contributed by atoms with Gasteiger partial charge in [-0.2, -0.15) is 0 Å². The fraction of sp³-hybridized carbons (Fsp3) is 0.571. The lowest BCUT2D eigenvalue weighted by atomic mass is 10.2. The number of carbonyl (C=O) groups is 1. The third kappa shape index (κ3) is 4.96. The molecule has 0 radical (unpaired) electrons. The Bertz CT molecular complexity index is 378. The van der Waals surface area contributed by atoms with Crippen LogP contribution in [0.3, 0.4) is 0 Å². The Labute approximate surface area is 114 Å². The number of nitrogens with one attached hydrogen (secondary N) is 1. The SMILES string of the molecule is O=C(CCNCCc1ccncc1)N1CCOCC1. The predicted octanol–water partition coefficient (Wildman–Crippen LogP) is 0.463. The number of aromatic nitrogens is 1. The summed E-state index contributed by atoms with van der Waals surface area (Å²) in [5, 5.41) is 3.30. The molecule has 104 valence electrons. The Morgan fingerprint density at radius 3 is 2.74 bits per heavy atom. The molecule has 5 nitrogen and oxygen atoms in total. The van der Waals surface area contributed by atoms with E-state index in [1.807, 2.05) is 17.0 Å². The second-order valence-electron chi connectivity index (χ2n) is 4.60. The molecule has 2 rings (SSSR count). The summed E-state index contributed by atoms with van der Waals surface area (Å²) < 4.78 is 5.23. The van der Waals surface area contributed by atoms with E-state index < -0.39 is 0 Å².